The van der Waals surface area contributed by atoms with Crippen molar-refractivity contribution in [1.82, 2.24) is 4.98 Å². The maximum atomic E-state index is 5.69. The van der Waals surface area contributed by atoms with Crippen LogP contribution in [0.25, 0.3) is 0 Å². The highest BCUT2D eigenvalue weighted by Gasteiger charge is 2.27. The zero-order valence-corrected chi connectivity index (χ0v) is 8.16. The summed E-state index contributed by atoms with van der Waals surface area (Å²) in [5.74, 6) is 0. The molecule has 1 saturated heterocycles. The molecule has 3 nitrogen and oxygen atoms in total. The van der Waals surface area contributed by atoms with Gasteiger partial charge < -0.3 is 9.64 Å². The van der Waals surface area contributed by atoms with Gasteiger partial charge in [0, 0.05) is 20.1 Å². The lowest BCUT2D eigenvalue weighted by molar-refractivity contribution is 0.0558. The molecule has 0 aliphatic carbocycles. The molecular weight excluding hydrogens is 188 g/mol. The van der Waals surface area contributed by atoms with E-state index in [2.05, 4.69) is 9.88 Å². The lowest BCUT2D eigenvalue weighted by Crippen LogP contribution is -2.48. The van der Waals surface area contributed by atoms with Gasteiger partial charge in [0.05, 0.1) is 11.9 Å². The molecular formula is C9H11ClN2O. The van der Waals surface area contributed by atoms with E-state index in [4.69, 9.17) is 16.3 Å². The van der Waals surface area contributed by atoms with Crippen molar-refractivity contribution >= 4 is 17.3 Å². The second-order valence-electron chi connectivity index (χ2n) is 3.01. The Morgan fingerprint density at radius 2 is 2.46 bits per heavy atom. The standard InChI is InChI=1S/C9H11ClN2O/c1-13-9-4-5-12(9)7-2-3-8(10)11-6-7/h2-3,6,9H,4-5H2,1H3/t9-/m1/s1. The number of hydrogen-bond acceptors (Lipinski definition) is 3. The topological polar surface area (TPSA) is 25.4 Å². The molecule has 70 valence electrons. The number of methoxy groups -OCH3 is 1. The highest BCUT2D eigenvalue weighted by molar-refractivity contribution is 6.29. The van der Waals surface area contributed by atoms with Crippen LogP contribution in [0.1, 0.15) is 6.42 Å². The first kappa shape index (κ1) is 8.78. The quantitative estimate of drug-likeness (QED) is 0.679. The molecule has 1 atom stereocenters. The number of pyridine rings is 1. The molecule has 0 N–H and O–H groups in total. The Hall–Kier alpha value is -0.800. The van der Waals surface area contributed by atoms with Gasteiger partial charge in [0.2, 0.25) is 0 Å². The van der Waals surface area contributed by atoms with E-state index in [0.717, 1.165) is 18.7 Å². The Balaban J connectivity index is 2.12. The van der Waals surface area contributed by atoms with Crippen molar-refractivity contribution in [2.75, 3.05) is 18.6 Å². The van der Waals surface area contributed by atoms with Crippen LogP contribution in [0.4, 0.5) is 5.69 Å². The van der Waals surface area contributed by atoms with E-state index in [9.17, 15) is 0 Å². The normalized spacial score (nSPS) is 21.4. The van der Waals surface area contributed by atoms with Gasteiger partial charge in [-0.25, -0.2) is 4.98 Å². The van der Waals surface area contributed by atoms with E-state index in [1.165, 1.54) is 0 Å². The van der Waals surface area contributed by atoms with Gasteiger partial charge in [-0.1, -0.05) is 11.6 Å². The Morgan fingerprint density at radius 1 is 1.62 bits per heavy atom. The second kappa shape index (κ2) is 3.52. The minimum Gasteiger partial charge on any atom is -0.362 e. The van der Waals surface area contributed by atoms with Crippen LogP contribution >= 0.6 is 11.6 Å². The van der Waals surface area contributed by atoms with Gasteiger partial charge in [0.15, 0.2) is 0 Å². The number of halogens is 1. The molecule has 1 aromatic heterocycles. The molecule has 0 amide bonds. The number of hydrogen-bond donors (Lipinski definition) is 0. The van der Waals surface area contributed by atoms with E-state index in [0.29, 0.717) is 5.15 Å². The van der Waals surface area contributed by atoms with Crippen LogP contribution in [0.15, 0.2) is 18.3 Å². The fraction of sp³-hybridized carbons (Fsp3) is 0.444. The predicted octanol–water partition coefficient (Wildman–Crippen LogP) is 1.92. The average molecular weight is 199 g/mol. The van der Waals surface area contributed by atoms with Gasteiger partial charge >= 0.3 is 0 Å². The number of ether oxygens (including phenoxy) is 1. The molecule has 0 saturated carbocycles. The summed E-state index contributed by atoms with van der Waals surface area (Å²) in [4.78, 5) is 6.18. The van der Waals surface area contributed by atoms with E-state index < -0.39 is 0 Å². The highest BCUT2D eigenvalue weighted by atomic mass is 35.5. The first-order valence-corrected chi connectivity index (χ1v) is 4.60. The zero-order valence-electron chi connectivity index (χ0n) is 7.40. The summed E-state index contributed by atoms with van der Waals surface area (Å²) < 4.78 is 5.25. The van der Waals surface area contributed by atoms with Gasteiger partial charge in [-0.15, -0.1) is 0 Å². The van der Waals surface area contributed by atoms with Crippen LogP contribution in [0.5, 0.6) is 0 Å². The fourth-order valence-electron chi connectivity index (χ4n) is 1.44. The maximum absolute atomic E-state index is 5.69. The molecule has 4 heteroatoms. The lowest BCUT2D eigenvalue weighted by atomic mass is 10.1. The van der Waals surface area contributed by atoms with E-state index in [1.54, 1.807) is 19.4 Å². The summed E-state index contributed by atoms with van der Waals surface area (Å²) in [6.45, 7) is 1.03. The average Bonchev–Trinajstić information content (AvgIpc) is 2.08. The maximum Gasteiger partial charge on any atom is 0.131 e. The molecule has 1 fully saturated rings. The molecule has 13 heavy (non-hydrogen) atoms. The van der Waals surface area contributed by atoms with E-state index in [-0.39, 0.29) is 6.23 Å². The van der Waals surface area contributed by atoms with Crippen molar-refractivity contribution in [3.63, 3.8) is 0 Å². The van der Waals surface area contributed by atoms with Crippen LogP contribution < -0.4 is 4.90 Å². The monoisotopic (exact) mass is 198 g/mol. The second-order valence-corrected chi connectivity index (χ2v) is 3.40. The Labute approximate surface area is 82.3 Å². The number of anilines is 1. The van der Waals surface area contributed by atoms with E-state index in [1.807, 2.05) is 6.07 Å². The van der Waals surface area contributed by atoms with Crippen LogP contribution in [0, 0.1) is 0 Å². The van der Waals surface area contributed by atoms with Crippen LogP contribution in [-0.4, -0.2) is 24.9 Å². The van der Waals surface area contributed by atoms with Crippen LogP contribution in [0.2, 0.25) is 5.15 Å². The van der Waals surface area contributed by atoms with Crippen molar-refractivity contribution in [1.29, 1.82) is 0 Å². The summed E-state index contributed by atoms with van der Waals surface area (Å²) >= 11 is 5.69. The largest absolute Gasteiger partial charge is 0.362 e. The van der Waals surface area contributed by atoms with Crippen LogP contribution in [0.3, 0.4) is 0 Å². The van der Waals surface area contributed by atoms with Gasteiger partial charge in [-0.2, -0.15) is 0 Å². The van der Waals surface area contributed by atoms with Crippen molar-refractivity contribution in [2.45, 2.75) is 12.6 Å². The number of aromatic nitrogens is 1. The molecule has 1 aliphatic rings. The SMILES string of the molecule is CO[C@@H]1CCN1c1ccc(Cl)nc1. The summed E-state index contributed by atoms with van der Waals surface area (Å²) in [7, 11) is 1.72. The van der Waals surface area contributed by atoms with Crippen molar-refractivity contribution < 1.29 is 4.74 Å². The first-order chi connectivity index (χ1) is 6.31. The van der Waals surface area contributed by atoms with Crippen molar-refractivity contribution in [3.8, 4) is 0 Å². The van der Waals surface area contributed by atoms with Gasteiger partial charge in [0.25, 0.3) is 0 Å². The smallest absolute Gasteiger partial charge is 0.131 e. The molecule has 2 heterocycles. The van der Waals surface area contributed by atoms with Gasteiger partial charge in [0.1, 0.15) is 11.4 Å². The summed E-state index contributed by atoms with van der Waals surface area (Å²) in [5, 5.41) is 0.526. The Morgan fingerprint density at radius 3 is 2.92 bits per heavy atom. The minimum absolute atomic E-state index is 0.211. The molecule has 0 spiro atoms. The minimum atomic E-state index is 0.211. The highest BCUT2D eigenvalue weighted by Crippen LogP contribution is 2.26. The molecule has 0 bridgehead atoms. The molecule has 0 aromatic carbocycles. The van der Waals surface area contributed by atoms with Gasteiger partial charge in [-0.05, 0) is 12.1 Å². The predicted molar refractivity (Wildman–Crippen MR) is 52.0 cm³/mol. The first-order valence-electron chi connectivity index (χ1n) is 4.22. The van der Waals surface area contributed by atoms with Crippen molar-refractivity contribution in [3.05, 3.63) is 23.5 Å². The molecule has 1 aromatic rings. The Bertz CT molecular complexity index is 286. The molecule has 1 aliphatic heterocycles. The summed E-state index contributed by atoms with van der Waals surface area (Å²) in [5.41, 5.74) is 1.07. The summed E-state index contributed by atoms with van der Waals surface area (Å²) in [6, 6.07) is 3.75. The Kier molecular flexibility index (Phi) is 2.38. The fourth-order valence-corrected chi connectivity index (χ4v) is 1.55. The molecule has 2 rings (SSSR count). The number of nitrogens with zero attached hydrogens (tertiary/aromatic N) is 2. The number of rotatable bonds is 2. The third-order valence-electron chi connectivity index (χ3n) is 2.28. The molecule has 0 unspecified atom stereocenters. The van der Waals surface area contributed by atoms with Crippen LogP contribution in [-0.2, 0) is 4.74 Å². The lowest BCUT2D eigenvalue weighted by Gasteiger charge is -2.41. The van der Waals surface area contributed by atoms with Gasteiger partial charge in [-0.3, -0.25) is 0 Å². The summed E-state index contributed by atoms with van der Waals surface area (Å²) in [6.07, 6.45) is 3.06. The third-order valence-corrected chi connectivity index (χ3v) is 2.50. The van der Waals surface area contributed by atoms with Crippen molar-refractivity contribution in [2.24, 2.45) is 0 Å². The molecule has 0 radical (unpaired) electrons. The zero-order chi connectivity index (χ0) is 9.26. The van der Waals surface area contributed by atoms with E-state index >= 15 is 0 Å². The third kappa shape index (κ3) is 1.62.